The van der Waals surface area contributed by atoms with E-state index >= 15 is 0 Å². The standard InChI is InChI=1S/C17H18ClN3O2.ClH/c1-11-8-13(9-16(18)20-11)17(22)21-14-4-2-12(3-5-14)15-10-19-6-7-23-15;/h2-5,8-9,15,19H,6-7,10H2,1H3,(H,21,22);1H. The van der Waals surface area contributed by atoms with Crippen molar-refractivity contribution in [2.24, 2.45) is 0 Å². The van der Waals surface area contributed by atoms with Crippen LogP contribution in [0.3, 0.4) is 0 Å². The normalized spacial score (nSPS) is 17.0. The first-order valence-corrected chi connectivity index (χ1v) is 7.87. The first-order chi connectivity index (χ1) is 11.1. The second-order valence-corrected chi connectivity index (χ2v) is 5.85. The van der Waals surface area contributed by atoms with E-state index in [4.69, 9.17) is 16.3 Å². The van der Waals surface area contributed by atoms with Crippen LogP contribution in [-0.4, -0.2) is 30.6 Å². The number of carbonyl (C=O) groups excluding carboxylic acids is 1. The molecule has 3 rings (SSSR count). The van der Waals surface area contributed by atoms with Crippen molar-refractivity contribution >= 4 is 35.6 Å². The van der Waals surface area contributed by atoms with E-state index < -0.39 is 0 Å². The predicted molar refractivity (Wildman–Crippen MR) is 97.2 cm³/mol. The molecule has 1 atom stereocenters. The molecule has 1 fully saturated rings. The second-order valence-electron chi connectivity index (χ2n) is 5.46. The van der Waals surface area contributed by atoms with Gasteiger partial charge in [-0.25, -0.2) is 4.98 Å². The highest BCUT2D eigenvalue weighted by Gasteiger charge is 2.15. The number of nitrogens with zero attached hydrogens (tertiary/aromatic N) is 1. The number of amides is 1. The Morgan fingerprint density at radius 2 is 2.08 bits per heavy atom. The molecule has 1 aliphatic rings. The highest BCUT2D eigenvalue weighted by atomic mass is 35.5. The molecule has 1 aromatic heterocycles. The fourth-order valence-electron chi connectivity index (χ4n) is 2.52. The maximum absolute atomic E-state index is 12.3. The summed E-state index contributed by atoms with van der Waals surface area (Å²) >= 11 is 5.89. The van der Waals surface area contributed by atoms with Crippen LogP contribution >= 0.6 is 24.0 Å². The number of anilines is 1. The lowest BCUT2D eigenvalue weighted by Crippen LogP contribution is -2.33. The summed E-state index contributed by atoms with van der Waals surface area (Å²) in [5.74, 6) is -0.208. The maximum atomic E-state index is 12.3. The van der Waals surface area contributed by atoms with Gasteiger partial charge in [0.15, 0.2) is 0 Å². The van der Waals surface area contributed by atoms with E-state index in [1.54, 1.807) is 19.1 Å². The van der Waals surface area contributed by atoms with Gasteiger partial charge in [-0.15, -0.1) is 12.4 Å². The molecule has 0 aliphatic carbocycles. The number of pyridine rings is 1. The number of hydrogen-bond acceptors (Lipinski definition) is 4. The molecule has 2 N–H and O–H groups in total. The van der Waals surface area contributed by atoms with Crippen LogP contribution in [0.25, 0.3) is 0 Å². The van der Waals surface area contributed by atoms with E-state index in [2.05, 4.69) is 15.6 Å². The number of rotatable bonds is 3. The summed E-state index contributed by atoms with van der Waals surface area (Å²) < 4.78 is 5.71. The molecule has 0 saturated carbocycles. The van der Waals surface area contributed by atoms with Crippen LogP contribution < -0.4 is 10.6 Å². The number of benzene rings is 1. The van der Waals surface area contributed by atoms with Crippen molar-refractivity contribution in [3.63, 3.8) is 0 Å². The van der Waals surface area contributed by atoms with Crippen molar-refractivity contribution in [1.82, 2.24) is 10.3 Å². The molecule has 2 aromatic rings. The smallest absolute Gasteiger partial charge is 0.255 e. The van der Waals surface area contributed by atoms with Crippen LogP contribution in [-0.2, 0) is 4.74 Å². The monoisotopic (exact) mass is 367 g/mol. The van der Waals surface area contributed by atoms with Crippen LogP contribution in [0.4, 0.5) is 5.69 Å². The van der Waals surface area contributed by atoms with Gasteiger partial charge in [0.05, 0.1) is 12.7 Å². The summed E-state index contributed by atoms with van der Waals surface area (Å²) in [5, 5.41) is 6.47. The van der Waals surface area contributed by atoms with E-state index in [0.29, 0.717) is 23.0 Å². The second kappa shape index (κ2) is 8.44. The van der Waals surface area contributed by atoms with Crippen LogP contribution in [0, 0.1) is 6.92 Å². The van der Waals surface area contributed by atoms with Crippen molar-refractivity contribution < 1.29 is 9.53 Å². The Morgan fingerprint density at radius 3 is 2.71 bits per heavy atom. The van der Waals surface area contributed by atoms with Gasteiger partial charge in [0.1, 0.15) is 5.15 Å². The first-order valence-electron chi connectivity index (χ1n) is 7.49. The maximum Gasteiger partial charge on any atom is 0.255 e. The summed E-state index contributed by atoms with van der Waals surface area (Å²) in [6, 6.07) is 11.0. The molecule has 2 heterocycles. The predicted octanol–water partition coefficient (Wildman–Crippen LogP) is 3.38. The molecule has 1 amide bonds. The molecule has 0 radical (unpaired) electrons. The van der Waals surface area contributed by atoms with Crippen LogP contribution in [0.5, 0.6) is 0 Å². The molecule has 7 heteroatoms. The summed E-state index contributed by atoms with van der Waals surface area (Å²) in [7, 11) is 0. The van der Waals surface area contributed by atoms with Crippen LogP contribution in [0.1, 0.15) is 27.7 Å². The number of aryl methyl sites for hydroxylation is 1. The fraction of sp³-hybridized carbons (Fsp3) is 0.294. The number of halogens is 2. The van der Waals surface area contributed by atoms with Gasteiger partial charge in [-0.3, -0.25) is 4.79 Å². The molecular weight excluding hydrogens is 349 g/mol. The quantitative estimate of drug-likeness (QED) is 0.816. The Bertz CT molecular complexity index is 681. The Kier molecular flexibility index (Phi) is 6.57. The highest BCUT2D eigenvalue weighted by molar-refractivity contribution is 6.29. The number of carbonyl (C=O) groups is 1. The average Bonchev–Trinajstić information content (AvgIpc) is 2.55. The topological polar surface area (TPSA) is 63.2 Å². The van der Waals surface area contributed by atoms with E-state index in [9.17, 15) is 4.79 Å². The number of aromatic nitrogens is 1. The molecule has 1 aliphatic heterocycles. The third-order valence-corrected chi connectivity index (χ3v) is 3.85. The fourth-order valence-corrected chi connectivity index (χ4v) is 2.77. The summed E-state index contributed by atoms with van der Waals surface area (Å²) in [4.78, 5) is 16.3. The van der Waals surface area contributed by atoms with Crippen molar-refractivity contribution in [1.29, 1.82) is 0 Å². The van der Waals surface area contributed by atoms with Crippen LogP contribution in [0.2, 0.25) is 5.15 Å². The van der Waals surface area contributed by atoms with E-state index in [-0.39, 0.29) is 24.4 Å². The van der Waals surface area contributed by atoms with Gasteiger partial charge in [-0.1, -0.05) is 23.7 Å². The molecule has 24 heavy (non-hydrogen) atoms. The molecule has 5 nitrogen and oxygen atoms in total. The summed E-state index contributed by atoms with van der Waals surface area (Å²) in [5.41, 5.74) is 3.03. The third-order valence-electron chi connectivity index (χ3n) is 3.65. The van der Waals surface area contributed by atoms with Gasteiger partial charge in [0, 0.05) is 30.0 Å². The number of ether oxygens (including phenoxy) is 1. The largest absolute Gasteiger partial charge is 0.371 e. The van der Waals surface area contributed by atoms with Gasteiger partial charge >= 0.3 is 0 Å². The van der Waals surface area contributed by atoms with Gasteiger partial charge < -0.3 is 15.4 Å². The SMILES string of the molecule is Cc1cc(C(=O)Nc2ccc(C3CNCCO3)cc2)cc(Cl)n1.Cl. The van der Waals surface area contributed by atoms with Crippen molar-refractivity contribution in [3.8, 4) is 0 Å². The van der Waals surface area contributed by atoms with Gasteiger partial charge in [-0.2, -0.15) is 0 Å². The zero-order chi connectivity index (χ0) is 16.2. The molecule has 0 bridgehead atoms. The highest BCUT2D eigenvalue weighted by Crippen LogP contribution is 2.21. The third kappa shape index (κ3) is 4.68. The average molecular weight is 368 g/mol. The molecule has 1 saturated heterocycles. The lowest BCUT2D eigenvalue weighted by Gasteiger charge is -2.24. The van der Waals surface area contributed by atoms with Crippen molar-refractivity contribution in [3.05, 3.63) is 58.4 Å². The zero-order valence-corrected chi connectivity index (χ0v) is 14.8. The Balaban J connectivity index is 0.00000208. The van der Waals surface area contributed by atoms with Gasteiger partial charge in [0.2, 0.25) is 0 Å². The van der Waals surface area contributed by atoms with E-state index in [1.165, 1.54) is 0 Å². The molecular formula is C17H19Cl2N3O2. The summed E-state index contributed by atoms with van der Waals surface area (Å²) in [6.45, 7) is 4.21. The van der Waals surface area contributed by atoms with E-state index in [0.717, 1.165) is 24.3 Å². The van der Waals surface area contributed by atoms with Crippen LogP contribution in [0.15, 0.2) is 36.4 Å². The summed E-state index contributed by atoms with van der Waals surface area (Å²) in [6.07, 6.45) is 0.0650. The number of nitrogens with one attached hydrogen (secondary N) is 2. The number of hydrogen-bond donors (Lipinski definition) is 2. The van der Waals surface area contributed by atoms with Gasteiger partial charge in [-0.05, 0) is 36.8 Å². The number of morpholine rings is 1. The first kappa shape index (κ1) is 18.7. The van der Waals surface area contributed by atoms with Crippen molar-refractivity contribution in [2.45, 2.75) is 13.0 Å². The van der Waals surface area contributed by atoms with Crippen molar-refractivity contribution in [2.75, 3.05) is 25.0 Å². The molecule has 0 spiro atoms. The Labute approximate surface area is 152 Å². The van der Waals surface area contributed by atoms with E-state index in [1.807, 2.05) is 24.3 Å². The zero-order valence-electron chi connectivity index (χ0n) is 13.2. The molecule has 128 valence electrons. The Hall–Kier alpha value is -1.66. The molecule has 1 aromatic carbocycles. The lowest BCUT2D eigenvalue weighted by molar-refractivity contribution is 0.0277. The minimum absolute atomic E-state index is 0. The molecule has 1 unspecified atom stereocenters. The minimum Gasteiger partial charge on any atom is -0.371 e. The minimum atomic E-state index is -0.208. The van der Waals surface area contributed by atoms with Gasteiger partial charge in [0.25, 0.3) is 5.91 Å². The Morgan fingerprint density at radius 1 is 1.33 bits per heavy atom. The lowest BCUT2D eigenvalue weighted by atomic mass is 10.1.